The van der Waals surface area contributed by atoms with Gasteiger partial charge < -0.3 is 5.32 Å². The Hall–Kier alpha value is -1.86. The highest BCUT2D eigenvalue weighted by Crippen LogP contribution is 2.15. The molecule has 0 saturated heterocycles. The van der Waals surface area contributed by atoms with E-state index >= 15 is 0 Å². The van der Waals surface area contributed by atoms with E-state index in [1.54, 1.807) is 11.9 Å². The third-order valence-electron chi connectivity index (χ3n) is 2.43. The van der Waals surface area contributed by atoms with Crippen LogP contribution in [0, 0.1) is 11.3 Å². The molecule has 4 nitrogen and oxygen atoms in total. The van der Waals surface area contributed by atoms with Gasteiger partial charge in [0.1, 0.15) is 0 Å². The number of aryl methyl sites for hydroxylation is 1. The summed E-state index contributed by atoms with van der Waals surface area (Å²) in [7, 11) is 1.74. The molecule has 1 aromatic carbocycles. The lowest BCUT2D eigenvalue weighted by Crippen LogP contribution is -2.30. The molecule has 90 valence electrons. The molecule has 0 aliphatic rings. The van der Waals surface area contributed by atoms with Gasteiger partial charge in [-0.05, 0) is 25.1 Å². The zero-order chi connectivity index (χ0) is 12.7. The first kappa shape index (κ1) is 13.2. The second-order valence-electron chi connectivity index (χ2n) is 3.89. The lowest BCUT2D eigenvalue weighted by atomic mass is 10.1. The number of nitrogens with one attached hydrogen (secondary N) is 1. The van der Waals surface area contributed by atoms with E-state index in [4.69, 9.17) is 5.26 Å². The van der Waals surface area contributed by atoms with Gasteiger partial charge in [0.15, 0.2) is 0 Å². The Labute approximate surface area is 102 Å². The topological polar surface area (TPSA) is 56.1 Å². The van der Waals surface area contributed by atoms with Gasteiger partial charge in [0.25, 0.3) is 0 Å². The van der Waals surface area contributed by atoms with Crippen LogP contribution in [-0.4, -0.2) is 30.9 Å². The van der Waals surface area contributed by atoms with Crippen molar-refractivity contribution in [3.8, 4) is 6.07 Å². The maximum absolute atomic E-state index is 11.7. The number of nitrogens with zero attached hydrogens (tertiary/aromatic N) is 2. The summed E-state index contributed by atoms with van der Waals surface area (Å²) in [5.41, 5.74) is 1.97. The standard InChI is InChI=1S/C13H17N3O/c1-3-11-6-4-5-7-12(11)15-13(17)10-16(2)9-8-14/h4-7H,3,9-10H2,1-2H3,(H,15,17). The van der Waals surface area contributed by atoms with E-state index < -0.39 is 0 Å². The highest BCUT2D eigenvalue weighted by Gasteiger charge is 2.08. The second-order valence-corrected chi connectivity index (χ2v) is 3.89. The fraction of sp³-hybridized carbons (Fsp3) is 0.385. The molecule has 1 N–H and O–H groups in total. The van der Waals surface area contributed by atoms with Crippen LogP contribution in [0.3, 0.4) is 0 Å². The summed E-state index contributed by atoms with van der Waals surface area (Å²) in [6, 6.07) is 9.74. The van der Waals surface area contributed by atoms with Crippen molar-refractivity contribution in [3.05, 3.63) is 29.8 Å². The lowest BCUT2D eigenvalue weighted by Gasteiger charge is -2.14. The molecule has 0 aliphatic carbocycles. The first-order chi connectivity index (χ1) is 8.17. The molecule has 0 heterocycles. The van der Waals surface area contributed by atoms with Crippen LogP contribution in [0.1, 0.15) is 12.5 Å². The predicted molar refractivity (Wildman–Crippen MR) is 67.6 cm³/mol. The molecular weight excluding hydrogens is 214 g/mol. The van der Waals surface area contributed by atoms with Crippen molar-refractivity contribution in [1.82, 2.24) is 4.90 Å². The molecule has 0 aliphatic heterocycles. The molecule has 1 rings (SSSR count). The summed E-state index contributed by atoms with van der Waals surface area (Å²) < 4.78 is 0. The van der Waals surface area contributed by atoms with E-state index in [0.29, 0.717) is 0 Å². The summed E-state index contributed by atoms with van der Waals surface area (Å²) in [6.45, 7) is 2.53. The van der Waals surface area contributed by atoms with Crippen LogP contribution in [0.15, 0.2) is 24.3 Å². The Morgan fingerprint density at radius 2 is 2.18 bits per heavy atom. The number of benzene rings is 1. The lowest BCUT2D eigenvalue weighted by molar-refractivity contribution is -0.116. The third-order valence-corrected chi connectivity index (χ3v) is 2.43. The van der Waals surface area contributed by atoms with E-state index in [1.165, 1.54) is 0 Å². The molecule has 0 radical (unpaired) electrons. The molecule has 0 fully saturated rings. The second kappa shape index (κ2) is 6.66. The minimum absolute atomic E-state index is 0.0938. The smallest absolute Gasteiger partial charge is 0.238 e. The van der Waals surface area contributed by atoms with Gasteiger partial charge in [0.05, 0.1) is 19.2 Å². The van der Waals surface area contributed by atoms with Crippen molar-refractivity contribution in [2.75, 3.05) is 25.5 Å². The number of hydrogen-bond donors (Lipinski definition) is 1. The fourth-order valence-corrected chi connectivity index (χ4v) is 1.56. The van der Waals surface area contributed by atoms with Gasteiger partial charge in [0.2, 0.25) is 5.91 Å². The molecule has 0 bridgehead atoms. The molecule has 0 spiro atoms. The third kappa shape index (κ3) is 4.25. The molecule has 1 aromatic rings. The van der Waals surface area contributed by atoms with Crippen molar-refractivity contribution in [2.45, 2.75) is 13.3 Å². The minimum atomic E-state index is -0.0938. The summed E-state index contributed by atoms with van der Waals surface area (Å²) in [4.78, 5) is 13.4. The molecule has 0 saturated carbocycles. The summed E-state index contributed by atoms with van der Waals surface area (Å²) in [5, 5.41) is 11.4. The largest absolute Gasteiger partial charge is 0.325 e. The molecule has 4 heteroatoms. The van der Waals surface area contributed by atoms with E-state index in [0.717, 1.165) is 17.7 Å². The molecule has 17 heavy (non-hydrogen) atoms. The maximum atomic E-state index is 11.7. The normalized spacial score (nSPS) is 10.0. The summed E-state index contributed by atoms with van der Waals surface area (Å²) in [5.74, 6) is -0.0938. The quantitative estimate of drug-likeness (QED) is 0.784. The SMILES string of the molecule is CCc1ccccc1NC(=O)CN(C)CC#N. The van der Waals surface area contributed by atoms with Crippen LogP contribution in [0.2, 0.25) is 0 Å². The molecule has 0 unspecified atom stereocenters. The number of carbonyl (C=O) groups excluding carboxylic acids is 1. The van der Waals surface area contributed by atoms with Gasteiger partial charge in [-0.15, -0.1) is 0 Å². The number of para-hydroxylation sites is 1. The fourth-order valence-electron chi connectivity index (χ4n) is 1.56. The first-order valence-corrected chi connectivity index (χ1v) is 5.60. The Kier molecular flexibility index (Phi) is 5.18. The average Bonchev–Trinajstić information content (AvgIpc) is 2.29. The van der Waals surface area contributed by atoms with Crippen molar-refractivity contribution in [3.63, 3.8) is 0 Å². The number of carbonyl (C=O) groups is 1. The Morgan fingerprint density at radius 1 is 1.47 bits per heavy atom. The van der Waals surface area contributed by atoms with Gasteiger partial charge in [-0.25, -0.2) is 0 Å². The van der Waals surface area contributed by atoms with Crippen molar-refractivity contribution >= 4 is 11.6 Å². The Morgan fingerprint density at radius 3 is 2.82 bits per heavy atom. The number of hydrogen-bond acceptors (Lipinski definition) is 3. The van der Waals surface area contributed by atoms with Crippen LogP contribution in [0.5, 0.6) is 0 Å². The molecule has 0 atom stereocenters. The number of rotatable bonds is 5. The summed E-state index contributed by atoms with van der Waals surface area (Å²) >= 11 is 0. The van der Waals surface area contributed by atoms with E-state index in [9.17, 15) is 4.79 Å². The summed E-state index contributed by atoms with van der Waals surface area (Å²) in [6.07, 6.45) is 0.879. The minimum Gasteiger partial charge on any atom is -0.325 e. The van der Waals surface area contributed by atoms with Gasteiger partial charge in [-0.3, -0.25) is 9.69 Å². The van der Waals surface area contributed by atoms with Crippen LogP contribution in [0.25, 0.3) is 0 Å². The van der Waals surface area contributed by atoms with Gasteiger partial charge in [0, 0.05) is 5.69 Å². The molecule has 1 amide bonds. The van der Waals surface area contributed by atoms with Crippen LogP contribution < -0.4 is 5.32 Å². The van der Waals surface area contributed by atoms with Crippen molar-refractivity contribution in [1.29, 1.82) is 5.26 Å². The Bertz CT molecular complexity index is 423. The number of likely N-dealkylation sites (N-methyl/N-ethyl adjacent to an activating group) is 1. The molecular formula is C13H17N3O. The zero-order valence-corrected chi connectivity index (χ0v) is 10.2. The van der Waals surface area contributed by atoms with E-state index in [1.807, 2.05) is 37.3 Å². The highest BCUT2D eigenvalue weighted by atomic mass is 16.2. The maximum Gasteiger partial charge on any atom is 0.238 e. The monoisotopic (exact) mass is 231 g/mol. The van der Waals surface area contributed by atoms with Gasteiger partial charge in [-0.2, -0.15) is 5.26 Å². The number of amides is 1. The number of anilines is 1. The first-order valence-electron chi connectivity index (χ1n) is 5.60. The van der Waals surface area contributed by atoms with Crippen molar-refractivity contribution < 1.29 is 4.79 Å². The van der Waals surface area contributed by atoms with E-state index in [2.05, 4.69) is 5.32 Å². The predicted octanol–water partition coefficient (Wildman–Crippen LogP) is 1.64. The highest BCUT2D eigenvalue weighted by molar-refractivity contribution is 5.92. The van der Waals surface area contributed by atoms with Crippen LogP contribution in [-0.2, 0) is 11.2 Å². The van der Waals surface area contributed by atoms with Crippen LogP contribution >= 0.6 is 0 Å². The Balaban J connectivity index is 2.59. The average molecular weight is 231 g/mol. The zero-order valence-electron chi connectivity index (χ0n) is 10.2. The van der Waals surface area contributed by atoms with Gasteiger partial charge >= 0.3 is 0 Å². The molecule has 0 aromatic heterocycles. The van der Waals surface area contributed by atoms with Crippen LogP contribution in [0.4, 0.5) is 5.69 Å². The van der Waals surface area contributed by atoms with Gasteiger partial charge in [-0.1, -0.05) is 25.1 Å². The van der Waals surface area contributed by atoms with Crippen molar-refractivity contribution in [2.24, 2.45) is 0 Å². The van der Waals surface area contributed by atoms with E-state index in [-0.39, 0.29) is 19.0 Å². The number of nitriles is 1.